The Morgan fingerprint density at radius 2 is 2.24 bits per heavy atom. The minimum absolute atomic E-state index is 0.0558. The molecule has 2 aliphatic heterocycles. The zero-order chi connectivity index (χ0) is 24.3. The highest BCUT2D eigenvalue weighted by Gasteiger charge is 2.58. The van der Waals surface area contributed by atoms with Crippen molar-refractivity contribution < 1.29 is 37.7 Å². The number of nitrogen functional groups attached to an aromatic ring is 1. The van der Waals surface area contributed by atoms with Crippen LogP contribution in [0.5, 0.6) is 0 Å². The fourth-order valence-electron chi connectivity index (χ4n) is 3.99. The van der Waals surface area contributed by atoms with E-state index in [1.807, 2.05) is 0 Å². The maximum atomic E-state index is 13.2. The number of halogens is 1. The molecule has 13 nitrogen and oxygen atoms in total. The number of aliphatic hydroxyl groups excluding tert-OH is 1. The lowest BCUT2D eigenvalue weighted by molar-refractivity contribution is -0.753. The van der Waals surface area contributed by atoms with Crippen molar-refractivity contribution in [2.24, 2.45) is 0 Å². The van der Waals surface area contributed by atoms with Gasteiger partial charge in [-0.2, -0.15) is 0 Å². The first-order valence-electron chi connectivity index (χ1n) is 10.3. The second kappa shape index (κ2) is 8.40. The van der Waals surface area contributed by atoms with E-state index in [2.05, 4.69) is 15.0 Å². The number of phosphoric ester groups is 1. The predicted molar refractivity (Wildman–Crippen MR) is 116 cm³/mol. The van der Waals surface area contributed by atoms with E-state index in [9.17, 15) is 19.6 Å². The van der Waals surface area contributed by atoms with E-state index < -0.39 is 43.7 Å². The van der Waals surface area contributed by atoms with Crippen LogP contribution in [0.25, 0.3) is 11.2 Å². The number of nitrogens with two attached hydrogens (primary N) is 1. The number of rotatable bonds is 4. The number of ether oxygens (including phenoxy) is 1. The molecule has 4 heterocycles. The van der Waals surface area contributed by atoms with Gasteiger partial charge in [0.1, 0.15) is 6.10 Å². The second-order valence-electron chi connectivity index (χ2n) is 8.18. The maximum Gasteiger partial charge on any atom is 0.477 e. The number of aliphatic hydroxyl groups is 2. The van der Waals surface area contributed by atoms with Gasteiger partial charge in [0.2, 0.25) is 18.0 Å². The number of nitrogens with zero attached hydrogens (tertiary/aromatic N) is 2. The molecular weight excluding hydrogens is 493 g/mol. The Morgan fingerprint density at radius 3 is 3.00 bits per heavy atom. The molecule has 2 aromatic heterocycles. The van der Waals surface area contributed by atoms with Gasteiger partial charge in [0, 0.05) is 11.4 Å². The van der Waals surface area contributed by atoms with Crippen molar-refractivity contribution >= 4 is 36.5 Å². The fraction of sp³-hybridized carbons (Fsp3) is 0.421. The molecule has 6 atom stereocenters. The van der Waals surface area contributed by atoms with Gasteiger partial charge in [0.15, 0.2) is 11.9 Å². The van der Waals surface area contributed by atoms with Crippen LogP contribution in [0.3, 0.4) is 0 Å². The lowest BCUT2D eigenvalue weighted by atomic mass is 9.99. The summed E-state index contributed by atoms with van der Waals surface area (Å²) in [7, 11) is -4.21. The number of hydrogen-bond donors (Lipinski definition) is 5. The van der Waals surface area contributed by atoms with Crippen LogP contribution in [0.1, 0.15) is 31.2 Å². The fourth-order valence-corrected chi connectivity index (χ4v) is 5.64. The van der Waals surface area contributed by atoms with E-state index in [0.29, 0.717) is 17.0 Å². The zero-order valence-corrected chi connectivity index (χ0v) is 19.4. The van der Waals surface area contributed by atoms with Crippen LogP contribution in [-0.4, -0.2) is 49.8 Å². The molecule has 2 saturated heterocycles. The third kappa shape index (κ3) is 4.04. The molecule has 2 aliphatic rings. The summed E-state index contributed by atoms with van der Waals surface area (Å²) < 4.78 is 36.6. The smallest absolute Gasteiger partial charge is 0.385 e. The first-order valence-corrected chi connectivity index (χ1v) is 12.1. The highest BCUT2D eigenvalue weighted by molar-refractivity contribution is 7.48. The molecule has 0 bridgehead atoms. The van der Waals surface area contributed by atoms with Gasteiger partial charge in [0.05, 0.1) is 12.7 Å². The Morgan fingerprint density at radius 1 is 1.44 bits per heavy atom. The van der Waals surface area contributed by atoms with Gasteiger partial charge in [-0.05, 0) is 24.6 Å². The number of benzene rings is 1. The second-order valence-corrected chi connectivity index (χ2v) is 10.2. The van der Waals surface area contributed by atoms with E-state index in [1.54, 1.807) is 24.3 Å². The summed E-state index contributed by atoms with van der Waals surface area (Å²) >= 11 is 6.04. The molecule has 34 heavy (non-hydrogen) atoms. The van der Waals surface area contributed by atoms with Crippen LogP contribution in [0.15, 0.2) is 35.4 Å². The van der Waals surface area contributed by atoms with E-state index in [0.717, 1.165) is 0 Å². The van der Waals surface area contributed by atoms with E-state index in [1.165, 1.54) is 17.8 Å². The summed E-state index contributed by atoms with van der Waals surface area (Å²) in [5.41, 5.74) is 3.97. The third-order valence-electron chi connectivity index (χ3n) is 5.72. The van der Waals surface area contributed by atoms with Gasteiger partial charge in [-0.3, -0.25) is 28.3 Å². The van der Waals surface area contributed by atoms with Crippen molar-refractivity contribution in [3.05, 3.63) is 51.5 Å². The van der Waals surface area contributed by atoms with Gasteiger partial charge in [0.25, 0.3) is 11.5 Å². The Hall–Kier alpha value is -2.35. The molecule has 2 fully saturated rings. The first-order chi connectivity index (χ1) is 16.1. The van der Waals surface area contributed by atoms with Crippen LogP contribution in [0.2, 0.25) is 5.02 Å². The molecule has 1 aromatic carbocycles. The Balaban J connectivity index is 1.40. The minimum atomic E-state index is -4.21. The van der Waals surface area contributed by atoms with Gasteiger partial charge in [-0.25, -0.2) is 9.13 Å². The van der Waals surface area contributed by atoms with Crippen molar-refractivity contribution in [1.29, 1.82) is 0 Å². The van der Waals surface area contributed by atoms with Gasteiger partial charge >= 0.3 is 13.5 Å². The quantitative estimate of drug-likeness (QED) is 0.249. The highest BCUT2D eigenvalue weighted by Crippen LogP contribution is 2.59. The molecule has 0 amide bonds. The van der Waals surface area contributed by atoms with Crippen molar-refractivity contribution in [3.8, 4) is 0 Å². The van der Waals surface area contributed by atoms with Crippen molar-refractivity contribution in [1.82, 2.24) is 15.0 Å². The molecule has 0 aliphatic carbocycles. The number of H-pyrrole nitrogens is 2. The van der Waals surface area contributed by atoms with Gasteiger partial charge in [-0.1, -0.05) is 28.7 Å². The lowest BCUT2D eigenvalue weighted by Crippen LogP contribution is -2.53. The topological polar surface area (TPSA) is 186 Å². The molecule has 0 saturated carbocycles. The van der Waals surface area contributed by atoms with Crippen molar-refractivity contribution in [2.45, 2.75) is 43.7 Å². The summed E-state index contributed by atoms with van der Waals surface area (Å²) in [6.07, 6.45) is -3.47. The molecule has 6 N–H and O–H groups in total. The number of anilines is 1. The number of aromatic nitrogens is 4. The number of nitrogens with one attached hydrogen (secondary N) is 2. The number of imidazole rings is 1. The number of aromatic amines is 2. The van der Waals surface area contributed by atoms with Crippen LogP contribution in [-0.2, 0) is 22.9 Å². The van der Waals surface area contributed by atoms with Gasteiger partial charge < -0.3 is 20.7 Å². The number of hydrogen-bond acceptors (Lipinski definition) is 10. The summed E-state index contributed by atoms with van der Waals surface area (Å²) in [6, 6.07) is 6.88. The lowest BCUT2D eigenvalue weighted by Gasteiger charge is -2.31. The van der Waals surface area contributed by atoms with Crippen LogP contribution in [0.4, 0.5) is 5.95 Å². The molecule has 15 heteroatoms. The summed E-state index contributed by atoms with van der Waals surface area (Å²) in [6.45, 7) is 1.35. The third-order valence-corrected chi connectivity index (χ3v) is 7.44. The standard InChI is InChI=1S/C19H21ClN5O8P/c1-19(28)13(26)16(31-17(19)25-8-22-12-14(25)23-18(21)24-15(12)27)33-34(29)30-6-5-11(32-34)9-3-2-4-10(20)7-9/h2-4,7-8,11,13,16-17,26,28H,5-6H2,1H3,(H3,21,23,24,27)/p+1. The van der Waals surface area contributed by atoms with E-state index in [-0.39, 0.29) is 23.7 Å². The Kier molecular flexibility index (Phi) is 5.78. The summed E-state index contributed by atoms with van der Waals surface area (Å²) in [4.78, 5) is 21.2. The van der Waals surface area contributed by atoms with Crippen LogP contribution < -0.4 is 15.9 Å². The minimum Gasteiger partial charge on any atom is -0.385 e. The van der Waals surface area contributed by atoms with Gasteiger partial charge in [-0.15, -0.1) is 0 Å². The molecule has 6 unspecified atom stereocenters. The van der Waals surface area contributed by atoms with E-state index >= 15 is 0 Å². The molecule has 3 aromatic rings. The van der Waals surface area contributed by atoms with Crippen LogP contribution >= 0.6 is 19.4 Å². The average Bonchev–Trinajstić information content (AvgIpc) is 3.27. The molecule has 182 valence electrons. The molecule has 0 radical (unpaired) electrons. The summed E-state index contributed by atoms with van der Waals surface area (Å²) in [5, 5.41) is 22.2. The molecule has 0 spiro atoms. The van der Waals surface area contributed by atoms with E-state index in [4.69, 9.17) is 35.6 Å². The Bertz CT molecular complexity index is 1350. The largest absolute Gasteiger partial charge is 0.477 e. The predicted octanol–water partition coefficient (Wildman–Crippen LogP) is 1.04. The monoisotopic (exact) mass is 514 g/mol. The zero-order valence-electron chi connectivity index (χ0n) is 17.8. The highest BCUT2D eigenvalue weighted by atomic mass is 35.5. The Labute approximate surface area is 197 Å². The summed E-state index contributed by atoms with van der Waals surface area (Å²) in [5.74, 6) is -0.155. The first kappa shape index (κ1) is 23.4. The molecular formula is C19H22ClN5O8P+. The maximum absolute atomic E-state index is 13.2. The SMILES string of the molecule is CC1(O)C(O)C(OP2(=O)OCCC(c3cccc(Cl)c3)O2)OC1[n+]1c[nH]c2c(=O)[nH]c(N)nc21. The van der Waals surface area contributed by atoms with Crippen LogP contribution in [0, 0.1) is 0 Å². The normalized spacial score (nSPS) is 34.0. The number of fused-ring (bicyclic) bond motifs is 1. The van der Waals surface area contributed by atoms with Crippen molar-refractivity contribution in [3.63, 3.8) is 0 Å². The average molecular weight is 515 g/mol. The molecule has 5 rings (SSSR count). The number of phosphoric acid groups is 1. The van der Waals surface area contributed by atoms with Crippen molar-refractivity contribution in [2.75, 3.05) is 12.3 Å².